The van der Waals surface area contributed by atoms with Crippen LogP contribution in [-0.2, 0) is 4.79 Å². The van der Waals surface area contributed by atoms with Crippen molar-refractivity contribution < 1.29 is 14.7 Å². The Morgan fingerprint density at radius 1 is 1.43 bits per heavy atom. The first kappa shape index (κ1) is 15.9. The Labute approximate surface area is 128 Å². The quantitative estimate of drug-likeness (QED) is 0.696. The van der Waals surface area contributed by atoms with Crippen LogP contribution in [0.3, 0.4) is 0 Å². The number of hydrogen-bond donors (Lipinski definition) is 3. The van der Waals surface area contributed by atoms with Crippen molar-refractivity contribution in [2.75, 3.05) is 26.2 Å². The van der Waals surface area contributed by atoms with Crippen molar-refractivity contribution in [1.82, 2.24) is 15.8 Å². The first-order valence-corrected chi connectivity index (χ1v) is 8.03. The molecular formula is C14H21N3O3S. The fourth-order valence-corrected chi connectivity index (χ4v) is 3.17. The van der Waals surface area contributed by atoms with Gasteiger partial charge in [-0.1, -0.05) is 6.07 Å². The van der Waals surface area contributed by atoms with Gasteiger partial charge in [-0.05, 0) is 43.2 Å². The second-order valence-corrected chi connectivity index (χ2v) is 6.18. The largest absolute Gasteiger partial charge is 0.396 e. The van der Waals surface area contributed by atoms with Gasteiger partial charge in [0, 0.05) is 13.2 Å². The number of piperidine rings is 1. The van der Waals surface area contributed by atoms with Gasteiger partial charge < -0.3 is 5.11 Å². The molecule has 0 saturated carbocycles. The first-order chi connectivity index (χ1) is 10.2. The van der Waals surface area contributed by atoms with E-state index in [1.165, 1.54) is 11.3 Å². The number of aliphatic hydroxyl groups is 1. The van der Waals surface area contributed by atoms with E-state index >= 15 is 0 Å². The lowest BCUT2D eigenvalue weighted by molar-refractivity contribution is -0.123. The lowest BCUT2D eigenvalue weighted by Gasteiger charge is -2.31. The van der Waals surface area contributed by atoms with Gasteiger partial charge in [0.15, 0.2) is 0 Å². The maximum atomic E-state index is 11.8. The number of carbonyl (C=O) groups is 2. The molecule has 1 saturated heterocycles. The third-order valence-corrected chi connectivity index (χ3v) is 4.44. The van der Waals surface area contributed by atoms with Crippen LogP contribution in [0.5, 0.6) is 0 Å². The third-order valence-electron chi connectivity index (χ3n) is 3.57. The molecule has 2 amide bonds. The molecule has 1 aliphatic heterocycles. The number of nitrogens with one attached hydrogen (secondary N) is 2. The van der Waals surface area contributed by atoms with Crippen LogP contribution in [0.2, 0.25) is 0 Å². The molecule has 0 radical (unpaired) electrons. The molecule has 0 aromatic carbocycles. The van der Waals surface area contributed by atoms with E-state index in [0.29, 0.717) is 10.8 Å². The smallest absolute Gasteiger partial charge is 0.279 e. The third kappa shape index (κ3) is 5.11. The Morgan fingerprint density at radius 3 is 3.00 bits per heavy atom. The van der Waals surface area contributed by atoms with Gasteiger partial charge in [-0.3, -0.25) is 25.3 Å². The van der Waals surface area contributed by atoms with Crippen LogP contribution >= 0.6 is 11.3 Å². The Kier molecular flexibility index (Phi) is 6.16. The zero-order valence-electron chi connectivity index (χ0n) is 11.9. The van der Waals surface area contributed by atoms with Crippen molar-refractivity contribution in [3.05, 3.63) is 22.4 Å². The number of likely N-dealkylation sites (tertiary alicyclic amines) is 1. The average molecular weight is 311 g/mol. The minimum atomic E-state index is -0.296. The van der Waals surface area contributed by atoms with Gasteiger partial charge in [0.2, 0.25) is 0 Å². The number of thiophene rings is 1. The number of aliphatic hydroxyl groups excluding tert-OH is 1. The van der Waals surface area contributed by atoms with Crippen molar-refractivity contribution in [3.8, 4) is 0 Å². The lowest BCUT2D eigenvalue weighted by atomic mass is 9.95. The molecule has 0 bridgehead atoms. The van der Waals surface area contributed by atoms with Crippen LogP contribution in [0.15, 0.2) is 17.5 Å². The highest BCUT2D eigenvalue weighted by molar-refractivity contribution is 7.12. The summed E-state index contributed by atoms with van der Waals surface area (Å²) in [5.41, 5.74) is 4.86. The molecule has 1 aromatic rings. The molecule has 1 aromatic heterocycles. The van der Waals surface area contributed by atoms with Crippen LogP contribution < -0.4 is 10.9 Å². The van der Waals surface area contributed by atoms with Gasteiger partial charge in [-0.2, -0.15) is 0 Å². The molecule has 116 valence electrons. The highest BCUT2D eigenvalue weighted by atomic mass is 32.1. The van der Waals surface area contributed by atoms with Crippen molar-refractivity contribution in [1.29, 1.82) is 0 Å². The van der Waals surface area contributed by atoms with Gasteiger partial charge in [0.1, 0.15) is 0 Å². The molecule has 1 aliphatic rings. The maximum Gasteiger partial charge on any atom is 0.279 e. The zero-order chi connectivity index (χ0) is 15.1. The standard InChI is InChI=1S/C14H21N3O3S/c18-7-5-11-3-1-6-17(9-11)10-13(19)15-16-14(20)12-4-2-8-21-12/h2,4,8,11,18H,1,3,5-7,9-10H2,(H,15,19)(H,16,20). The van der Waals surface area contributed by atoms with Gasteiger partial charge in [0.25, 0.3) is 11.8 Å². The summed E-state index contributed by atoms with van der Waals surface area (Å²) in [6.07, 6.45) is 2.93. The number of hydrogen-bond acceptors (Lipinski definition) is 5. The van der Waals surface area contributed by atoms with Crippen LogP contribution in [-0.4, -0.2) is 48.1 Å². The fraction of sp³-hybridized carbons (Fsp3) is 0.571. The summed E-state index contributed by atoms with van der Waals surface area (Å²) < 4.78 is 0. The molecule has 0 aliphatic carbocycles. The van der Waals surface area contributed by atoms with E-state index in [4.69, 9.17) is 5.11 Å². The monoisotopic (exact) mass is 311 g/mol. The SMILES string of the molecule is O=C(CN1CCCC(CCO)C1)NNC(=O)c1cccs1. The van der Waals surface area contributed by atoms with Gasteiger partial charge >= 0.3 is 0 Å². The Bertz CT molecular complexity index is 462. The topological polar surface area (TPSA) is 81.7 Å². The number of rotatable bonds is 5. The second kappa shape index (κ2) is 8.11. The number of amides is 2. The first-order valence-electron chi connectivity index (χ1n) is 7.15. The fourth-order valence-electron chi connectivity index (χ4n) is 2.55. The highest BCUT2D eigenvalue weighted by Crippen LogP contribution is 2.18. The summed E-state index contributed by atoms with van der Waals surface area (Å²) in [7, 11) is 0. The van der Waals surface area contributed by atoms with E-state index in [-0.39, 0.29) is 25.0 Å². The molecule has 21 heavy (non-hydrogen) atoms. The molecule has 0 spiro atoms. The van der Waals surface area contributed by atoms with Crippen LogP contribution in [0.4, 0.5) is 0 Å². The maximum absolute atomic E-state index is 11.8. The Balaban J connectivity index is 1.70. The van der Waals surface area contributed by atoms with Crippen molar-refractivity contribution in [3.63, 3.8) is 0 Å². The lowest BCUT2D eigenvalue weighted by Crippen LogP contribution is -2.48. The molecule has 6 nitrogen and oxygen atoms in total. The summed E-state index contributed by atoms with van der Waals surface area (Å²) in [4.78, 5) is 26.2. The Hall–Kier alpha value is -1.44. The number of hydrazine groups is 1. The zero-order valence-corrected chi connectivity index (χ0v) is 12.7. The minimum absolute atomic E-state index is 0.196. The van der Waals surface area contributed by atoms with Crippen LogP contribution in [0.25, 0.3) is 0 Å². The van der Waals surface area contributed by atoms with E-state index < -0.39 is 0 Å². The van der Waals surface area contributed by atoms with Crippen LogP contribution in [0.1, 0.15) is 28.9 Å². The summed E-state index contributed by atoms with van der Waals surface area (Å²) in [5.74, 6) is -0.0584. The molecule has 2 heterocycles. The molecule has 1 unspecified atom stereocenters. The van der Waals surface area contributed by atoms with Crippen molar-refractivity contribution >= 4 is 23.2 Å². The predicted molar refractivity (Wildman–Crippen MR) is 80.8 cm³/mol. The molecular weight excluding hydrogens is 290 g/mol. The molecule has 7 heteroatoms. The normalized spacial score (nSPS) is 19.2. The minimum Gasteiger partial charge on any atom is -0.396 e. The Morgan fingerprint density at radius 2 is 2.29 bits per heavy atom. The summed E-state index contributed by atoms with van der Waals surface area (Å²) in [6, 6.07) is 3.49. The van der Waals surface area contributed by atoms with Gasteiger partial charge in [-0.15, -0.1) is 11.3 Å². The van der Waals surface area contributed by atoms with E-state index in [0.717, 1.165) is 32.4 Å². The number of nitrogens with zero attached hydrogens (tertiary/aromatic N) is 1. The van der Waals surface area contributed by atoms with E-state index in [2.05, 4.69) is 15.8 Å². The molecule has 1 atom stereocenters. The predicted octanol–water partition coefficient (Wildman–Crippen LogP) is 0.604. The van der Waals surface area contributed by atoms with E-state index in [9.17, 15) is 9.59 Å². The number of carbonyl (C=O) groups excluding carboxylic acids is 2. The van der Waals surface area contributed by atoms with Crippen molar-refractivity contribution in [2.45, 2.75) is 19.3 Å². The highest BCUT2D eigenvalue weighted by Gasteiger charge is 2.21. The second-order valence-electron chi connectivity index (χ2n) is 5.24. The molecule has 2 rings (SSSR count). The van der Waals surface area contributed by atoms with E-state index in [1.807, 2.05) is 5.38 Å². The molecule has 3 N–H and O–H groups in total. The van der Waals surface area contributed by atoms with Gasteiger partial charge in [-0.25, -0.2) is 0 Å². The van der Waals surface area contributed by atoms with Crippen LogP contribution in [0, 0.1) is 5.92 Å². The van der Waals surface area contributed by atoms with E-state index in [1.54, 1.807) is 12.1 Å². The van der Waals surface area contributed by atoms with Gasteiger partial charge in [0.05, 0.1) is 11.4 Å². The molecule has 1 fully saturated rings. The summed E-state index contributed by atoms with van der Waals surface area (Å²) >= 11 is 1.33. The summed E-state index contributed by atoms with van der Waals surface area (Å²) in [6.45, 7) is 2.18. The van der Waals surface area contributed by atoms with Crippen molar-refractivity contribution in [2.24, 2.45) is 5.92 Å². The summed E-state index contributed by atoms with van der Waals surface area (Å²) in [5, 5.41) is 10.8. The average Bonchev–Trinajstić information content (AvgIpc) is 3.00.